The molecule has 0 unspecified atom stereocenters. The number of aromatic nitrogens is 2. The minimum Gasteiger partial charge on any atom is -0.357 e. The van der Waals surface area contributed by atoms with E-state index >= 15 is 0 Å². The zero-order valence-corrected chi connectivity index (χ0v) is 10.1. The van der Waals surface area contributed by atoms with Crippen molar-refractivity contribution in [3.05, 3.63) is 15.9 Å². The molecule has 0 N–H and O–H groups in total. The molecule has 3 nitrogen and oxygen atoms in total. The van der Waals surface area contributed by atoms with E-state index in [1.165, 1.54) is 0 Å². The second-order valence-electron chi connectivity index (χ2n) is 3.33. The summed E-state index contributed by atoms with van der Waals surface area (Å²) in [5.74, 6) is 0. The minimum absolute atomic E-state index is 0.239. The van der Waals surface area contributed by atoms with Crippen LogP contribution in [0.4, 0.5) is 0 Å². The maximum Gasteiger partial charge on any atom is 0.139 e. The van der Waals surface area contributed by atoms with Crippen LogP contribution in [0.2, 0.25) is 0 Å². The highest BCUT2D eigenvalue weighted by Gasteiger charge is 2.08. The lowest BCUT2D eigenvalue weighted by Gasteiger charge is -2.08. The topological polar surface area (TPSA) is 27.1 Å². The van der Waals surface area contributed by atoms with Crippen LogP contribution in [0.5, 0.6) is 0 Å². The lowest BCUT2D eigenvalue weighted by atomic mass is 10.4. The molecule has 0 aliphatic heterocycles. The fourth-order valence-electron chi connectivity index (χ4n) is 1.02. The van der Waals surface area contributed by atoms with Gasteiger partial charge in [-0.25, -0.2) is 4.68 Å². The molecule has 1 heterocycles. The third-order valence-corrected chi connectivity index (χ3v) is 2.97. The van der Waals surface area contributed by atoms with Crippen molar-refractivity contribution in [1.29, 1.82) is 0 Å². The first-order valence-corrected chi connectivity index (χ1v) is 5.12. The Morgan fingerprint density at radius 3 is 2.46 bits per heavy atom. The van der Waals surface area contributed by atoms with E-state index in [0.29, 0.717) is 6.73 Å². The first-order chi connectivity index (χ1) is 6.02. The number of rotatable bonds is 3. The van der Waals surface area contributed by atoms with Gasteiger partial charge in [-0.1, -0.05) is 0 Å². The number of ether oxygens (including phenoxy) is 1. The molecule has 0 saturated carbocycles. The molecule has 0 bridgehead atoms. The summed E-state index contributed by atoms with van der Waals surface area (Å²) in [5.41, 5.74) is 2.11. The van der Waals surface area contributed by atoms with Crippen LogP contribution < -0.4 is 0 Å². The van der Waals surface area contributed by atoms with Gasteiger partial charge in [-0.05, 0) is 43.6 Å². The fourth-order valence-corrected chi connectivity index (χ4v) is 1.30. The van der Waals surface area contributed by atoms with E-state index in [4.69, 9.17) is 4.74 Å². The van der Waals surface area contributed by atoms with Gasteiger partial charge in [0.15, 0.2) is 0 Å². The van der Waals surface area contributed by atoms with Gasteiger partial charge in [0.05, 0.1) is 22.0 Å². The average molecular weight is 247 g/mol. The van der Waals surface area contributed by atoms with Gasteiger partial charge in [0, 0.05) is 0 Å². The molecule has 0 aromatic carbocycles. The minimum atomic E-state index is 0.239. The lowest BCUT2D eigenvalue weighted by molar-refractivity contribution is 0.0208. The summed E-state index contributed by atoms with van der Waals surface area (Å²) < 4.78 is 8.39. The average Bonchev–Trinajstić information content (AvgIpc) is 2.29. The number of nitrogens with zero attached hydrogens (tertiary/aromatic N) is 2. The Morgan fingerprint density at radius 2 is 2.08 bits per heavy atom. The van der Waals surface area contributed by atoms with Crippen LogP contribution in [-0.2, 0) is 11.5 Å². The maximum absolute atomic E-state index is 5.46. The fraction of sp³-hybridized carbons (Fsp3) is 0.667. The number of hydrogen-bond acceptors (Lipinski definition) is 2. The highest BCUT2D eigenvalue weighted by molar-refractivity contribution is 9.10. The molecule has 1 aromatic rings. The summed E-state index contributed by atoms with van der Waals surface area (Å²) in [5, 5.41) is 4.33. The van der Waals surface area contributed by atoms with Gasteiger partial charge in [0.1, 0.15) is 6.73 Å². The monoisotopic (exact) mass is 246 g/mol. The molecule has 1 rings (SSSR count). The SMILES string of the molecule is Cc1nn(COC(C)C)c(C)c1Br. The van der Waals surface area contributed by atoms with E-state index in [1.54, 1.807) is 0 Å². The Labute approximate surface area is 87.2 Å². The van der Waals surface area contributed by atoms with Crippen molar-refractivity contribution in [2.24, 2.45) is 0 Å². The highest BCUT2D eigenvalue weighted by atomic mass is 79.9. The second kappa shape index (κ2) is 4.24. The van der Waals surface area contributed by atoms with E-state index in [2.05, 4.69) is 21.0 Å². The van der Waals surface area contributed by atoms with Gasteiger partial charge in [-0.3, -0.25) is 0 Å². The van der Waals surface area contributed by atoms with Crippen LogP contribution in [0.3, 0.4) is 0 Å². The molecule has 0 saturated heterocycles. The van der Waals surface area contributed by atoms with Crippen LogP contribution in [0, 0.1) is 13.8 Å². The van der Waals surface area contributed by atoms with Crippen molar-refractivity contribution in [3.8, 4) is 0 Å². The van der Waals surface area contributed by atoms with Gasteiger partial charge in [0.2, 0.25) is 0 Å². The molecule has 0 aliphatic rings. The van der Waals surface area contributed by atoms with Crippen molar-refractivity contribution < 1.29 is 4.74 Å². The first-order valence-electron chi connectivity index (χ1n) is 4.33. The Bertz CT molecular complexity index is 294. The van der Waals surface area contributed by atoms with Crippen molar-refractivity contribution in [1.82, 2.24) is 9.78 Å². The van der Waals surface area contributed by atoms with E-state index in [9.17, 15) is 0 Å². The van der Waals surface area contributed by atoms with Crippen LogP contribution in [-0.4, -0.2) is 15.9 Å². The number of aryl methyl sites for hydroxylation is 1. The summed E-state index contributed by atoms with van der Waals surface area (Å²) >= 11 is 3.47. The third-order valence-electron chi connectivity index (χ3n) is 1.82. The zero-order valence-electron chi connectivity index (χ0n) is 8.47. The maximum atomic E-state index is 5.46. The quantitative estimate of drug-likeness (QED) is 0.820. The standard InChI is InChI=1S/C9H15BrN2O/c1-6(2)13-5-12-8(4)9(10)7(3)11-12/h6H,5H2,1-4H3. The Kier molecular flexibility index (Phi) is 3.50. The van der Waals surface area contributed by atoms with Gasteiger partial charge in [-0.15, -0.1) is 0 Å². The molecular formula is C9H15BrN2O. The first kappa shape index (κ1) is 10.7. The predicted octanol–water partition coefficient (Wildman–Crippen LogP) is 2.64. The molecule has 0 radical (unpaired) electrons. The van der Waals surface area contributed by atoms with E-state index in [-0.39, 0.29) is 6.10 Å². The van der Waals surface area contributed by atoms with Crippen molar-refractivity contribution in [3.63, 3.8) is 0 Å². The predicted molar refractivity (Wildman–Crippen MR) is 55.6 cm³/mol. The molecule has 0 aliphatic carbocycles. The van der Waals surface area contributed by atoms with E-state index in [1.807, 2.05) is 32.4 Å². The Hall–Kier alpha value is -0.350. The summed E-state index contributed by atoms with van der Waals surface area (Å²) in [6, 6.07) is 0. The van der Waals surface area contributed by atoms with E-state index in [0.717, 1.165) is 15.9 Å². The molecule has 0 atom stereocenters. The molecule has 0 spiro atoms. The summed E-state index contributed by atoms with van der Waals surface area (Å²) in [7, 11) is 0. The van der Waals surface area contributed by atoms with Gasteiger partial charge in [-0.2, -0.15) is 5.10 Å². The highest BCUT2D eigenvalue weighted by Crippen LogP contribution is 2.19. The summed E-state index contributed by atoms with van der Waals surface area (Å²) in [6.07, 6.45) is 0.239. The van der Waals surface area contributed by atoms with Crippen LogP contribution in [0.25, 0.3) is 0 Å². The van der Waals surface area contributed by atoms with E-state index < -0.39 is 0 Å². The van der Waals surface area contributed by atoms with Crippen LogP contribution in [0.1, 0.15) is 25.2 Å². The molecular weight excluding hydrogens is 232 g/mol. The molecule has 0 fully saturated rings. The summed E-state index contributed by atoms with van der Waals surface area (Å²) in [4.78, 5) is 0. The summed E-state index contributed by atoms with van der Waals surface area (Å²) in [6.45, 7) is 8.55. The van der Waals surface area contributed by atoms with Gasteiger partial charge in [0.25, 0.3) is 0 Å². The largest absolute Gasteiger partial charge is 0.357 e. The number of hydrogen-bond donors (Lipinski definition) is 0. The third kappa shape index (κ3) is 2.54. The Morgan fingerprint density at radius 1 is 1.46 bits per heavy atom. The molecule has 4 heteroatoms. The van der Waals surface area contributed by atoms with Crippen LogP contribution in [0.15, 0.2) is 4.47 Å². The van der Waals surface area contributed by atoms with Gasteiger partial charge >= 0.3 is 0 Å². The molecule has 1 aromatic heterocycles. The van der Waals surface area contributed by atoms with Crippen molar-refractivity contribution >= 4 is 15.9 Å². The second-order valence-corrected chi connectivity index (χ2v) is 4.12. The number of halogens is 1. The molecule has 0 amide bonds. The van der Waals surface area contributed by atoms with Crippen LogP contribution >= 0.6 is 15.9 Å². The normalized spacial score (nSPS) is 11.2. The Balaban J connectivity index is 2.72. The molecule has 13 heavy (non-hydrogen) atoms. The zero-order chi connectivity index (χ0) is 10.0. The van der Waals surface area contributed by atoms with Gasteiger partial charge < -0.3 is 4.74 Å². The smallest absolute Gasteiger partial charge is 0.139 e. The molecule has 74 valence electrons. The van der Waals surface area contributed by atoms with Crippen molar-refractivity contribution in [2.75, 3.05) is 0 Å². The van der Waals surface area contributed by atoms with Crippen molar-refractivity contribution in [2.45, 2.75) is 40.5 Å². The lowest BCUT2D eigenvalue weighted by Crippen LogP contribution is -2.10.